The standard InChI is InChI=1S/C21H24N4O/c1-4-26-18-9-7-16(8-10-18)20-12-19(24-21-22-13-23-25(20)21)17-6-5-14(2)15(3)11-17/h5-11,13,19-20H,4,12H2,1-3H3,(H,22,23,24)/t19-,20+/m1/s1. The number of benzene rings is 2. The van der Waals surface area contributed by atoms with Crippen molar-refractivity contribution in [2.24, 2.45) is 0 Å². The number of fused-ring (bicyclic) bond motifs is 1. The lowest BCUT2D eigenvalue weighted by Crippen LogP contribution is -2.28. The predicted molar refractivity (Wildman–Crippen MR) is 103 cm³/mol. The first-order chi connectivity index (χ1) is 12.7. The number of ether oxygens (including phenoxy) is 1. The Hall–Kier alpha value is -2.82. The molecule has 1 aromatic heterocycles. The average Bonchev–Trinajstić information content (AvgIpc) is 3.13. The first kappa shape index (κ1) is 16.6. The summed E-state index contributed by atoms with van der Waals surface area (Å²) in [5, 5.41) is 7.98. The summed E-state index contributed by atoms with van der Waals surface area (Å²) in [5.74, 6) is 1.72. The molecule has 1 N–H and O–H groups in total. The minimum atomic E-state index is 0.149. The van der Waals surface area contributed by atoms with Crippen LogP contribution in [0.2, 0.25) is 0 Å². The Morgan fingerprint density at radius 3 is 2.58 bits per heavy atom. The van der Waals surface area contributed by atoms with Gasteiger partial charge in [-0.2, -0.15) is 10.1 Å². The summed E-state index contributed by atoms with van der Waals surface area (Å²) < 4.78 is 7.55. The number of nitrogens with zero attached hydrogens (tertiary/aromatic N) is 3. The SMILES string of the molecule is CCOc1ccc([C@@H]2C[C@H](c3ccc(C)c(C)c3)Nc3ncnn32)cc1. The van der Waals surface area contributed by atoms with E-state index in [0.717, 1.165) is 18.1 Å². The van der Waals surface area contributed by atoms with E-state index >= 15 is 0 Å². The van der Waals surface area contributed by atoms with Crippen LogP contribution in [0.4, 0.5) is 5.95 Å². The Kier molecular flexibility index (Phi) is 4.37. The largest absolute Gasteiger partial charge is 0.494 e. The van der Waals surface area contributed by atoms with E-state index < -0.39 is 0 Å². The highest BCUT2D eigenvalue weighted by Gasteiger charge is 2.30. The zero-order valence-electron chi connectivity index (χ0n) is 15.4. The fourth-order valence-corrected chi connectivity index (χ4v) is 3.55. The fraction of sp³-hybridized carbons (Fsp3) is 0.333. The fourth-order valence-electron chi connectivity index (χ4n) is 3.55. The maximum atomic E-state index is 5.57. The molecule has 5 heteroatoms. The molecule has 0 unspecified atom stereocenters. The molecule has 2 aromatic carbocycles. The third-order valence-electron chi connectivity index (χ3n) is 5.14. The number of rotatable bonds is 4. The zero-order chi connectivity index (χ0) is 18.1. The molecule has 1 aliphatic rings. The van der Waals surface area contributed by atoms with Crippen LogP contribution in [0.3, 0.4) is 0 Å². The van der Waals surface area contributed by atoms with Crippen molar-refractivity contribution in [3.63, 3.8) is 0 Å². The Balaban J connectivity index is 1.67. The summed E-state index contributed by atoms with van der Waals surface area (Å²) >= 11 is 0. The molecule has 0 saturated carbocycles. The van der Waals surface area contributed by atoms with E-state index in [1.54, 1.807) is 6.33 Å². The van der Waals surface area contributed by atoms with E-state index in [1.807, 2.05) is 23.7 Å². The van der Waals surface area contributed by atoms with E-state index in [-0.39, 0.29) is 12.1 Å². The van der Waals surface area contributed by atoms with Gasteiger partial charge in [-0.25, -0.2) is 4.68 Å². The molecule has 0 fully saturated rings. The normalized spacial score (nSPS) is 18.9. The van der Waals surface area contributed by atoms with Crippen molar-refractivity contribution in [3.05, 3.63) is 71.0 Å². The van der Waals surface area contributed by atoms with Gasteiger partial charge in [0.2, 0.25) is 5.95 Å². The van der Waals surface area contributed by atoms with Crippen LogP contribution in [-0.4, -0.2) is 21.4 Å². The smallest absolute Gasteiger partial charge is 0.222 e. The molecule has 1 aliphatic heterocycles. The molecular weight excluding hydrogens is 324 g/mol. The molecule has 0 amide bonds. The van der Waals surface area contributed by atoms with Gasteiger partial charge in [-0.1, -0.05) is 30.3 Å². The molecule has 134 valence electrons. The van der Waals surface area contributed by atoms with Gasteiger partial charge >= 0.3 is 0 Å². The van der Waals surface area contributed by atoms with Crippen molar-refractivity contribution in [2.75, 3.05) is 11.9 Å². The maximum Gasteiger partial charge on any atom is 0.222 e. The van der Waals surface area contributed by atoms with Gasteiger partial charge in [0, 0.05) is 0 Å². The monoisotopic (exact) mass is 348 g/mol. The van der Waals surface area contributed by atoms with Crippen LogP contribution in [0, 0.1) is 13.8 Å². The van der Waals surface area contributed by atoms with Crippen LogP contribution in [0.5, 0.6) is 5.75 Å². The van der Waals surface area contributed by atoms with Crippen LogP contribution in [0.15, 0.2) is 48.8 Å². The Morgan fingerprint density at radius 1 is 1.08 bits per heavy atom. The molecule has 0 bridgehead atoms. The van der Waals surface area contributed by atoms with Crippen molar-refractivity contribution in [1.82, 2.24) is 14.8 Å². The third-order valence-corrected chi connectivity index (χ3v) is 5.14. The maximum absolute atomic E-state index is 5.57. The first-order valence-electron chi connectivity index (χ1n) is 9.11. The van der Waals surface area contributed by atoms with Gasteiger partial charge in [-0.15, -0.1) is 0 Å². The van der Waals surface area contributed by atoms with Gasteiger partial charge in [0.25, 0.3) is 0 Å². The molecule has 0 saturated heterocycles. The lowest BCUT2D eigenvalue weighted by atomic mass is 9.92. The van der Waals surface area contributed by atoms with Gasteiger partial charge in [0.15, 0.2) is 0 Å². The van der Waals surface area contributed by atoms with Gasteiger partial charge in [0.1, 0.15) is 12.1 Å². The van der Waals surface area contributed by atoms with Gasteiger partial charge in [-0.05, 0) is 61.6 Å². The number of anilines is 1. The van der Waals surface area contributed by atoms with E-state index in [2.05, 4.69) is 59.6 Å². The number of hydrogen-bond donors (Lipinski definition) is 1. The van der Waals surface area contributed by atoms with Crippen molar-refractivity contribution in [2.45, 2.75) is 39.3 Å². The zero-order valence-corrected chi connectivity index (χ0v) is 15.4. The molecule has 26 heavy (non-hydrogen) atoms. The second-order valence-electron chi connectivity index (χ2n) is 6.82. The molecule has 2 atom stereocenters. The molecular formula is C21H24N4O. The lowest BCUT2D eigenvalue weighted by Gasteiger charge is -2.32. The van der Waals surface area contributed by atoms with E-state index in [1.165, 1.54) is 22.3 Å². The second kappa shape index (κ2) is 6.83. The molecule has 0 spiro atoms. The number of nitrogens with one attached hydrogen (secondary N) is 1. The van der Waals surface area contributed by atoms with Crippen LogP contribution in [0.25, 0.3) is 0 Å². The molecule has 0 radical (unpaired) electrons. The summed E-state index contributed by atoms with van der Waals surface area (Å²) in [6.07, 6.45) is 2.54. The minimum absolute atomic E-state index is 0.149. The summed E-state index contributed by atoms with van der Waals surface area (Å²) in [5.41, 5.74) is 5.14. The first-order valence-corrected chi connectivity index (χ1v) is 9.11. The molecule has 5 nitrogen and oxygen atoms in total. The van der Waals surface area contributed by atoms with Crippen molar-refractivity contribution in [1.29, 1.82) is 0 Å². The second-order valence-corrected chi connectivity index (χ2v) is 6.82. The van der Waals surface area contributed by atoms with Gasteiger partial charge < -0.3 is 10.1 Å². The van der Waals surface area contributed by atoms with Crippen LogP contribution < -0.4 is 10.1 Å². The molecule has 3 aromatic rings. The van der Waals surface area contributed by atoms with E-state index in [9.17, 15) is 0 Å². The average molecular weight is 348 g/mol. The van der Waals surface area contributed by atoms with Crippen LogP contribution in [-0.2, 0) is 0 Å². The molecule has 0 aliphatic carbocycles. The highest BCUT2D eigenvalue weighted by atomic mass is 16.5. The number of hydrogen-bond acceptors (Lipinski definition) is 4. The topological polar surface area (TPSA) is 52.0 Å². The molecule has 4 rings (SSSR count). The number of aromatic nitrogens is 3. The van der Waals surface area contributed by atoms with E-state index in [4.69, 9.17) is 4.74 Å². The Bertz CT molecular complexity index is 901. The lowest BCUT2D eigenvalue weighted by molar-refractivity contribution is 0.340. The van der Waals surface area contributed by atoms with Crippen LogP contribution >= 0.6 is 0 Å². The van der Waals surface area contributed by atoms with Gasteiger partial charge in [-0.3, -0.25) is 0 Å². The van der Waals surface area contributed by atoms with Gasteiger partial charge in [0.05, 0.1) is 18.7 Å². The highest BCUT2D eigenvalue weighted by molar-refractivity contribution is 5.41. The predicted octanol–water partition coefficient (Wildman–Crippen LogP) is 4.44. The van der Waals surface area contributed by atoms with Crippen LogP contribution in [0.1, 0.15) is 47.7 Å². The highest BCUT2D eigenvalue weighted by Crippen LogP contribution is 2.38. The summed E-state index contributed by atoms with van der Waals surface area (Å²) in [6, 6.07) is 15.4. The number of aryl methyl sites for hydroxylation is 2. The quantitative estimate of drug-likeness (QED) is 0.757. The van der Waals surface area contributed by atoms with Crippen molar-refractivity contribution in [3.8, 4) is 5.75 Å². The molecule has 2 heterocycles. The summed E-state index contributed by atoms with van der Waals surface area (Å²) in [4.78, 5) is 4.41. The summed E-state index contributed by atoms with van der Waals surface area (Å²) in [7, 11) is 0. The Morgan fingerprint density at radius 2 is 1.85 bits per heavy atom. The van der Waals surface area contributed by atoms with Crippen molar-refractivity contribution >= 4 is 5.95 Å². The van der Waals surface area contributed by atoms with E-state index in [0.29, 0.717) is 6.61 Å². The Labute approximate surface area is 154 Å². The van der Waals surface area contributed by atoms with Crippen molar-refractivity contribution < 1.29 is 4.74 Å². The summed E-state index contributed by atoms with van der Waals surface area (Å²) in [6.45, 7) is 6.98. The third kappa shape index (κ3) is 3.05. The minimum Gasteiger partial charge on any atom is -0.494 e.